The Balaban J connectivity index is 3.50. The van der Waals surface area contributed by atoms with Gasteiger partial charge in [0, 0.05) is 12.8 Å². The van der Waals surface area contributed by atoms with Gasteiger partial charge in [0.15, 0.2) is 0 Å². The third-order valence-corrected chi connectivity index (χ3v) is 12.4. The number of unbranched alkanes of at least 4 members (excludes halogenated alkanes) is 33. The minimum Gasteiger partial charge on any atom is -0.466 e. The van der Waals surface area contributed by atoms with Crippen LogP contribution in [-0.2, 0) is 14.3 Å². The molecule has 0 aliphatic rings. The molecule has 0 saturated carbocycles. The van der Waals surface area contributed by atoms with Crippen LogP contribution in [0.3, 0.4) is 0 Å². The van der Waals surface area contributed by atoms with Crippen molar-refractivity contribution in [1.82, 2.24) is 5.32 Å². The molecule has 0 rings (SSSR count). The Kier molecular flexibility index (Phi) is 50.1. The van der Waals surface area contributed by atoms with Crippen LogP contribution in [0.5, 0.6) is 0 Å². The van der Waals surface area contributed by atoms with Crippen molar-refractivity contribution in [2.75, 3.05) is 13.2 Å². The summed E-state index contributed by atoms with van der Waals surface area (Å²) >= 11 is 0. The number of allylic oxidation sites excluding steroid dienone is 6. The Labute approximate surface area is 385 Å². The molecule has 0 spiro atoms. The average Bonchev–Trinajstić information content (AvgIpc) is 3.27. The summed E-state index contributed by atoms with van der Waals surface area (Å²) in [4.78, 5) is 24.5. The van der Waals surface area contributed by atoms with Gasteiger partial charge in [-0.1, -0.05) is 224 Å². The molecule has 0 heterocycles. The predicted octanol–water partition coefficient (Wildman–Crippen LogP) is 16.5. The first-order chi connectivity index (χ1) is 30.5. The van der Waals surface area contributed by atoms with E-state index in [0.29, 0.717) is 25.9 Å². The van der Waals surface area contributed by atoms with Gasteiger partial charge in [-0.15, -0.1) is 0 Å². The number of hydrogen-bond acceptors (Lipinski definition) is 5. The Morgan fingerprint density at radius 3 is 1.27 bits per heavy atom. The number of ether oxygens (including phenoxy) is 1. The van der Waals surface area contributed by atoms with Gasteiger partial charge in [0.05, 0.1) is 25.4 Å². The summed E-state index contributed by atoms with van der Waals surface area (Å²) in [5, 5.41) is 23.2. The maximum atomic E-state index is 12.5. The van der Waals surface area contributed by atoms with Crippen LogP contribution in [0.4, 0.5) is 0 Å². The quantitative estimate of drug-likeness (QED) is 0.0321. The van der Waals surface area contributed by atoms with E-state index >= 15 is 0 Å². The van der Waals surface area contributed by atoms with E-state index in [0.717, 1.165) is 89.9 Å². The van der Waals surface area contributed by atoms with E-state index in [4.69, 9.17) is 4.74 Å². The van der Waals surface area contributed by atoms with Gasteiger partial charge in [-0.05, 0) is 83.5 Å². The molecule has 62 heavy (non-hydrogen) atoms. The molecule has 0 fully saturated rings. The average molecular weight is 872 g/mol. The highest BCUT2D eigenvalue weighted by molar-refractivity contribution is 5.76. The number of rotatable bonds is 50. The number of carbonyl (C=O) groups excluding carboxylic acids is 2. The van der Waals surface area contributed by atoms with Crippen LogP contribution in [0.2, 0.25) is 0 Å². The monoisotopic (exact) mass is 872 g/mol. The van der Waals surface area contributed by atoms with Gasteiger partial charge in [0.2, 0.25) is 5.91 Å². The van der Waals surface area contributed by atoms with E-state index in [1.165, 1.54) is 161 Å². The van der Waals surface area contributed by atoms with E-state index in [-0.39, 0.29) is 18.5 Å². The largest absolute Gasteiger partial charge is 0.466 e. The Morgan fingerprint density at radius 1 is 0.452 bits per heavy atom. The minimum atomic E-state index is -0.683. The molecule has 0 bridgehead atoms. The molecule has 0 radical (unpaired) electrons. The summed E-state index contributed by atoms with van der Waals surface area (Å²) in [5.74, 6) is -0.0992. The molecule has 0 aromatic heterocycles. The molecule has 2 unspecified atom stereocenters. The molecular formula is C56H105NO5. The molecule has 6 nitrogen and oxygen atoms in total. The molecule has 0 saturated heterocycles. The first-order valence-electron chi connectivity index (χ1n) is 27.2. The number of amides is 1. The Hall–Kier alpha value is -1.92. The van der Waals surface area contributed by atoms with Gasteiger partial charge >= 0.3 is 5.97 Å². The maximum absolute atomic E-state index is 12.5. The van der Waals surface area contributed by atoms with Crippen molar-refractivity contribution in [3.8, 4) is 0 Å². The van der Waals surface area contributed by atoms with Crippen LogP contribution in [-0.4, -0.2) is 47.4 Å². The van der Waals surface area contributed by atoms with Gasteiger partial charge in [0.25, 0.3) is 0 Å². The molecule has 0 aliphatic heterocycles. The lowest BCUT2D eigenvalue weighted by Gasteiger charge is -2.22. The zero-order valence-electron chi connectivity index (χ0n) is 41.4. The van der Waals surface area contributed by atoms with Gasteiger partial charge in [-0.2, -0.15) is 0 Å². The predicted molar refractivity (Wildman–Crippen MR) is 269 cm³/mol. The molecule has 0 aromatic carbocycles. The second-order valence-electron chi connectivity index (χ2n) is 18.6. The van der Waals surface area contributed by atoms with E-state index in [1.54, 1.807) is 0 Å². The van der Waals surface area contributed by atoms with Crippen molar-refractivity contribution in [1.29, 1.82) is 0 Å². The molecule has 0 aromatic rings. The van der Waals surface area contributed by atoms with Crippen LogP contribution in [0.25, 0.3) is 0 Å². The van der Waals surface area contributed by atoms with Crippen molar-refractivity contribution in [2.45, 2.75) is 296 Å². The molecule has 2 atom stereocenters. The summed E-state index contributed by atoms with van der Waals surface area (Å²) in [6.45, 7) is 4.85. The van der Waals surface area contributed by atoms with Crippen molar-refractivity contribution in [3.63, 3.8) is 0 Å². The second-order valence-corrected chi connectivity index (χ2v) is 18.6. The van der Waals surface area contributed by atoms with Crippen LogP contribution >= 0.6 is 0 Å². The van der Waals surface area contributed by atoms with Crippen LogP contribution in [0.15, 0.2) is 36.5 Å². The molecular weight excluding hydrogens is 767 g/mol. The normalized spacial score (nSPS) is 12.9. The highest BCUT2D eigenvalue weighted by Gasteiger charge is 2.20. The number of carbonyl (C=O) groups is 2. The first-order valence-corrected chi connectivity index (χ1v) is 27.2. The number of hydrogen-bond donors (Lipinski definition) is 3. The SMILES string of the molecule is CCCCC/C=C\C/C=C\CCCCCCCCCCCC(=O)OCCCC/C=C\CCCCCCCC(=O)NC(CO)C(O)CCCCCCCCCCCCCCCCC. The number of esters is 1. The maximum Gasteiger partial charge on any atom is 0.305 e. The summed E-state index contributed by atoms with van der Waals surface area (Å²) in [5.41, 5.74) is 0. The molecule has 0 aliphatic carbocycles. The van der Waals surface area contributed by atoms with Crippen molar-refractivity contribution >= 4 is 11.9 Å². The molecule has 364 valence electrons. The summed E-state index contributed by atoms with van der Waals surface area (Å²) in [6.07, 6.45) is 62.6. The minimum absolute atomic E-state index is 0.0351. The van der Waals surface area contributed by atoms with Crippen molar-refractivity contribution in [2.24, 2.45) is 0 Å². The lowest BCUT2D eigenvalue weighted by Crippen LogP contribution is -2.45. The van der Waals surface area contributed by atoms with Crippen molar-refractivity contribution in [3.05, 3.63) is 36.5 Å². The fourth-order valence-corrected chi connectivity index (χ4v) is 8.19. The van der Waals surface area contributed by atoms with Gasteiger partial charge in [-0.3, -0.25) is 9.59 Å². The second kappa shape index (κ2) is 51.7. The molecule has 1 amide bonds. The van der Waals surface area contributed by atoms with Crippen LogP contribution in [0, 0.1) is 0 Å². The number of aliphatic hydroxyl groups excluding tert-OH is 2. The topological polar surface area (TPSA) is 95.9 Å². The van der Waals surface area contributed by atoms with Gasteiger partial charge in [0.1, 0.15) is 0 Å². The van der Waals surface area contributed by atoms with Crippen LogP contribution < -0.4 is 5.32 Å². The fraction of sp³-hybridized carbons (Fsp3) is 0.857. The highest BCUT2D eigenvalue weighted by Crippen LogP contribution is 2.16. The molecule has 3 N–H and O–H groups in total. The first kappa shape index (κ1) is 60.1. The van der Waals surface area contributed by atoms with Crippen molar-refractivity contribution < 1.29 is 24.5 Å². The number of aliphatic hydroxyl groups is 2. The standard InChI is InChI=1S/C56H105NO5/c1-3-5-7-9-11-13-15-17-19-20-21-22-24-26-30-34-38-42-46-50-56(61)62-51-47-43-39-35-31-27-29-33-37-41-45-49-55(60)57-53(52-58)54(59)48-44-40-36-32-28-25-23-18-16-14-12-10-8-6-4-2/h11,13,17,19,31,35,53-54,58-59H,3-10,12,14-16,18,20-30,32-34,36-52H2,1-2H3,(H,57,60)/b13-11-,19-17-,35-31-. The smallest absolute Gasteiger partial charge is 0.305 e. The highest BCUT2D eigenvalue weighted by atomic mass is 16.5. The fourth-order valence-electron chi connectivity index (χ4n) is 8.19. The summed E-state index contributed by atoms with van der Waals surface area (Å²) in [7, 11) is 0. The zero-order chi connectivity index (χ0) is 45.1. The third-order valence-electron chi connectivity index (χ3n) is 12.4. The van der Waals surface area contributed by atoms with E-state index in [9.17, 15) is 19.8 Å². The van der Waals surface area contributed by atoms with Gasteiger partial charge in [-0.25, -0.2) is 0 Å². The van der Waals surface area contributed by atoms with Crippen LogP contribution in [0.1, 0.15) is 284 Å². The van der Waals surface area contributed by atoms with E-state index in [1.807, 2.05) is 0 Å². The van der Waals surface area contributed by atoms with E-state index in [2.05, 4.69) is 55.6 Å². The zero-order valence-corrected chi connectivity index (χ0v) is 41.4. The number of nitrogens with one attached hydrogen (secondary N) is 1. The van der Waals surface area contributed by atoms with E-state index < -0.39 is 12.1 Å². The summed E-state index contributed by atoms with van der Waals surface area (Å²) < 4.78 is 5.45. The third kappa shape index (κ3) is 47.6. The Morgan fingerprint density at radius 2 is 0.806 bits per heavy atom. The lowest BCUT2D eigenvalue weighted by molar-refractivity contribution is -0.143. The lowest BCUT2D eigenvalue weighted by atomic mass is 10.0. The Bertz CT molecular complexity index is 1010. The van der Waals surface area contributed by atoms with Gasteiger partial charge < -0.3 is 20.3 Å². The molecule has 6 heteroatoms. The summed E-state index contributed by atoms with van der Waals surface area (Å²) in [6, 6.07) is -0.563.